The van der Waals surface area contributed by atoms with E-state index in [0.717, 1.165) is 40.3 Å². The number of alkyl halides is 3. The van der Waals surface area contributed by atoms with Gasteiger partial charge in [0.2, 0.25) is 23.6 Å². The van der Waals surface area contributed by atoms with Crippen molar-refractivity contribution in [1.82, 2.24) is 25.5 Å². The molecule has 0 bridgehead atoms. The van der Waals surface area contributed by atoms with Gasteiger partial charge >= 0.3 is 6.18 Å². The fourth-order valence-corrected chi connectivity index (χ4v) is 9.90. The van der Waals surface area contributed by atoms with Crippen LogP contribution in [0.3, 0.4) is 0 Å². The number of hydrogen-bond donors (Lipinski definition) is 3. The molecular weight excluding hydrogens is 1020 g/mol. The topological polar surface area (TPSA) is 200 Å². The molecule has 16 nitrogen and oxygen atoms in total. The Morgan fingerprint density at radius 2 is 1.71 bits per heavy atom. The standard InChI is InChI=1S/C50H57ClF4N8O8S2/c1-29-41(73-28-59-29)31-13-11-30(12-14-31)24-57-43(66)37-22-34(64)26-61(37)45(67)42(48(2,3)4)60-38(65)27-70-19-10-18-69-17-8-7-9-20-71-44-35(51)21-33(25-58-44)63-47(72)62(46(68)49(63,5)6)36-16-15-32(23-56)39(40(36)52)50(53,54)55/h11-16,21,25,28,34,37,42,64H,7-10,17-20,22,24,26-27H2,1-6H3,(H,57,66)(H,60,65)/t34-,37+,42-/m1/s1. The lowest BCUT2D eigenvalue weighted by Crippen LogP contribution is -2.58. The molecule has 4 aromatic rings. The molecule has 0 radical (unpaired) electrons. The van der Waals surface area contributed by atoms with Crippen LogP contribution in [0.25, 0.3) is 10.4 Å². The highest BCUT2D eigenvalue weighted by molar-refractivity contribution is 7.81. The fraction of sp³-hybridized carbons (Fsp3) is 0.480. The number of aromatic nitrogens is 2. The molecule has 4 amide bonds. The number of aliphatic hydroxyl groups is 1. The van der Waals surface area contributed by atoms with Crippen molar-refractivity contribution in [1.29, 1.82) is 5.26 Å². The van der Waals surface area contributed by atoms with E-state index in [1.54, 1.807) is 37.6 Å². The number of unbranched alkanes of at least 4 members (excludes halogenated alkanes) is 2. The highest BCUT2D eigenvalue weighted by Crippen LogP contribution is 2.43. The number of likely N-dealkylation sites (tertiary alicyclic amines) is 1. The average Bonchev–Trinajstić information content (AvgIpc) is 3.99. The Bertz CT molecular complexity index is 2710. The van der Waals surface area contributed by atoms with Crippen LogP contribution in [0.1, 0.15) is 89.1 Å². The first-order valence-corrected chi connectivity index (χ1v) is 25.1. The number of aliphatic hydroxyl groups excluding tert-OH is 1. The molecule has 2 fully saturated rings. The maximum atomic E-state index is 15.4. The number of ether oxygens (including phenoxy) is 3. The van der Waals surface area contributed by atoms with Crippen molar-refractivity contribution in [2.45, 2.75) is 110 Å². The number of aryl methyl sites for hydroxylation is 1. The maximum absolute atomic E-state index is 15.4. The van der Waals surface area contributed by atoms with Gasteiger partial charge in [0.1, 0.15) is 34.8 Å². The first-order chi connectivity index (χ1) is 34.4. The summed E-state index contributed by atoms with van der Waals surface area (Å²) in [6.45, 7) is 11.5. The number of carbonyl (C=O) groups excluding carboxylic acids is 4. The van der Waals surface area contributed by atoms with Crippen molar-refractivity contribution in [3.63, 3.8) is 0 Å². The van der Waals surface area contributed by atoms with E-state index in [1.165, 1.54) is 42.0 Å². The van der Waals surface area contributed by atoms with E-state index in [9.17, 15) is 37.5 Å². The molecule has 2 aromatic heterocycles. The van der Waals surface area contributed by atoms with E-state index >= 15 is 4.39 Å². The summed E-state index contributed by atoms with van der Waals surface area (Å²) in [5.41, 5.74) is -0.890. The van der Waals surface area contributed by atoms with Gasteiger partial charge in [-0.2, -0.15) is 18.4 Å². The second-order valence-electron chi connectivity index (χ2n) is 19.1. The second-order valence-corrected chi connectivity index (χ2v) is 20.7. The highest BCUT2D eigenvalue weighted by atomic mass is 35.5. The summed E-state index contributed by atoms with van der Waals surface area (Å²) in [5.74, 6) is -3.91. The van der Waals surface area contributed by atoms with Crippen molar-refractivity contribution in [3.05, 3.63) is 87.4 Å². The fourth-order valence-electron chi connectivity index (χ4n) is 8.36. The predicted octanol–water partition coefficient (Wildman–Crippen LogP) is 7.89. The largest absolute Gasteiger partial charge is 0.477 e. The number of rotatable bonds is 21. The third-order valence-corrected chi connectivity index (χ3v) is 13.8. The molecule has 3 atom stereocenters. The molecule has 23 heteroatoms. The molecule has 73 heavy (non-hydrogen) atoms. The van der Waals surface area contributed by atoms with Gasteiger partial charge in [0, 0.05) is 39.3 Å². The molecule has 0 saturated carbocycles. The van der Waals surface area contributed by atoms with Gasteiger partial charge in [0.25, 0.3) is 5.91 Å². The minimum Gasteiger partial charge on any atom is -0.477 e. The van der Waals surface area contributed by atoms with Gasteiger partial charge < -0.3 is 39.8 Å². The van der Waals surface area contributed by atoms with Gasteiger partial charge in [0.05, 0.1) is 58.0 Å². The first kappa shape index (κ1) is 56.5. The summed E-state index contributed by atoms with van der Waals surface area (Å²) < 4.78 is 73.7. The number of thiazole rings is 1. The lowest BCUT2D eigenvalue weighted by molar-refractivity contribution is -0.144. The van der Waals surface area contributed by atoms with Gasteiger partial charge in [-0.05, 0) is 93.4 Å². The van der Waals surface area contributed by atoms with Gasteiger partial charge in [0.15, 0.2) is 10.9 Å². The summed E-state index contributed by atoms with van der Waals surface area (Å²) >= 11 is 13.5. The minimum absolute atomic E-state index is 0.0455. The third kappa shape index (κ3) is 13.5. The van der Waals surface area contributed by atoms with Gasteiger partial charge in [-0.15, -0.1) is 11.3 Å². The van der Waals surface area contributed by atoms with E-state index in [-0.39, 0.29) is 61.0 Å². The number of hydrogen-bond acceptors (Lipinski definition) is 13. The van der Waals surface area contributed by atoms with Crippen molar-refractivity contribution in [3.8, 4) is 22.4 Å². The van der Waals surface area contributed by atoms with E-state index < -0.39 is 81.6 Å². The summed E-state index contributed by atoms with van der Waals surface area (Å²) in [6.07, 6.45) is -2.14. The Kier molecular flexibility index (Phi) is 18.6. The lowest BCUT2D eigenvalue weighted by atomic mass is 9.85. The summed E-state index contributed by atoms with van der Waals surface area (Å²) in [7, 11) is 0. The molecule has 0 aliphatic carbocycles. The Hall–Kier alpha value is -5.83. The molecule has 2 aliphatic heterocycles. The van der Waals surface area contributed by atoms with Gasteiger partial charge in [-0.3, -0.25) is 24.1 Å². The van der Waals surface area contributed by atoms with Crippen molar-refractivity contribution in [2.75, 3.05) is 49.4 Å². The molecule has 3 N–H and O–H groups in total. The van der Waals surface area contributed by atoms with Gasteiger partial charge in [-0.25, -0.2) is 14.4 Å². The minimum atomic E-state index is -5.21. The monoisotopic (exact) mass is 1070 g/mol. The Morgan fingerprint density at radius 1 is 1.03 bits per heavy atom. The normalized spacial score (nSPS) is 17.2. The van der Waals surface area contributed by atoms with Gasteiger partial charge in [-0.1, -0.05) is 56.6 Å². The smallest absolute Gasteiger partial charge is 0.420 e. The van der Waals surface area contributed by atoms with Crippen LogP contribution in [0.4, 0.5) is 28.9 Å². The molecule has 4 heterocycles. The second kappa shape index (κ2) is 24.0. The Labute approximate surface area is 434 Å². The number of thiocarbonyl (C=S) groups is 1. The number of halogens is 5. The molecule has 0 unspecified atom stereocenters. The van der Waals surface area contributed by atoms with Crippen LogP contribution in [-0.2, 0) is 41.4 Å². The number of pyridine rings is 1. The maximum Gasteiger partial charge on any atom is 0.420 e. The lowest BCUT2D eigenvalue weighted by Gasteiger charge is -2.35. The third-order valence-electron chi connectivity index (χ3n) is 12.2. The molecular formula is C50H57ClF4N8O8S2. The SMILES string of the molecule is Cc1ncsc1-c1ccc(CNC(=O)[C@@H]2C[C@@H](O)CN2C(=O)[C@@H](NC(=O)COCCCOCCCCCOc2ncc(N3C(=S)N(c4ccc(C#N)c(C(F)(F)F)c4F)C(=O)C3(C)C)cc2Cl)C(C)(C)C)cc1. The molecule has 2 aliphatic rings. The molecule has 2 aromatic carbocycles. The summed E-state index contributed by atoms with van der Waals surface area (Å²) in [5, 5.41) is 25.1. The van der Waals surface area contributed by atoms with E-state index in [4.69, 9.17) is 43.3 Å². The molecule has 6 rings (SSSR count). The summed E-state index contributed by atoms with van der Waals surface area (Å²) in [4.78, 5) is 66.8. The van der Waals surface area contributed by atoms with Crippen LogP contribution in [0.5, 0.6) is 5.88 Å². The van der Waals surface area contributed by atoms with Crippen molar-refractivity contribution < 1.29 is 56.1 Å². The number of benzene rings is 2. The van der Waals surface area contributed by atoms with E-state index in [1.807, 2.05) is 31.2 Å². The van der Waals surface area contributed by atoms with Crippen LogP contribution in [0.15, 0.2) is 54.2 Å². The number of β-amino-alcohol motifs (C(OH)–C–C–N with tert-alkyl or cyclic N) is 1. The Morgan fingerprint density at radius 3 is 2.36 bits per heavy atom. The number of carbonyl (C=O) groups is 4. The van der Waals surface area contributed by atoms with Crippen molar-refractivity contribution >= 4 is 75.3 Å². The number of nitrogens with one attached hydrogen (secondary N) is 2. The van der Waals surface area contributed by atoms with E-state index in [2.05, 4.69) is 20.6 Å². The number of nitriles is 1. The first-order valence-electron chi connectivity index (χ1n) is 23.4. The predicted molar refractivity (Wildman–Crippen MR) is 269 cm³/mol. The zero-order chi connectivity index (χ0) is 53.4. The number of anilines is 2. The van der Waals surface area contributed by atoms with Crippen LogP contribution >= 0.6 is 35.2 Å². The molecule has 0 spiro atoms. The number of nitrogens with zero attached hydrogens (tertiary/aromatic N) is 6. The van der Waals surface area contributed by atoms with Crippen LogP contribution < -0.4 is 25.2 Å². The molecule has 2 saturated heterocycles. The Balaban J connectivity index is 0.870. The van der Waals surface area contributed by atoms with Crippen LogP contribution in [-0.4, -0.2) is 112 Å². The quantitative estimate of drug-likeness (QED) is 0.0414. The highest BCUT2D eigenvalue weighted by Gasteiger charge is 2.52. The summed E-state index contributed by atoms with van der Waals surface area (Å²) in [6, 6.07) is 10.3. The average molecular weight is 1070 g/mol. The van der Waals surface area contributed by atoms with Crippen LogP contribution in [0, 0.1) is 29.5 Å². The number of amides is 4. The van der Waals surface area contributed by atoms with Crippen LogP contribution in [0.2, 0.25) is 5.02 Å². The van der Waals surface area contributed by atoms with Crippen molar-refractivity contribution in [2.24, 2.45) is 5.41 Å². The van der Waals surface area contributed by atoms with E-state index in [0.29, 0.717) is 37.4 Å². The zero-order valence-electron chi connectivity index (χ0n) is 41.1. The zero-order valence-corrected chi connectivity index (χ0v) is 43.5. The molecule has 392 valence electrons.